The van der Waals surface area contributed by atoms with Crippen LogP contribution in [0, 0.1) is 0 Å². The Balaban J connectivity index is 1.99. The Morgan fingerprint density at radius 1 is 0.696 bits per heavy atom. The third-order valence-corrected chi connectivity index (χ3v) is 6.64. The molecule has 5 rings (SSSR count). The number of benzene rings is 3. The molecule has 2 aromatic heterocycles. The summed E-state index contributed by atoms with van der Waals surface area (Å²) in [5, 5.41) is 23.8. The summed E-state index contributed by atoms with van der Waals surface area (Å²) < 4.78 is 5.05. The second-order valence-corrected chi connectivity index (χ2v) is 7.78. The van der Waals surface area contributed by atoms with Crippen molar-refractivity contribution in [3.63, 3.8) is 0 Å². The van der Waals surface area contributed by atoms with Crippen LogP contribution in [0.15, 0.2) is 54.6 Å². The summed E-state index contributed by atoms with van der Waals surface area (Å²) in [6.45, 7) is 0. The molecule has 110 valence electrons. The molecule has 0 aliphatic heterocycles. The summed E-state index contributed by atoms with van der Waals surface area (Å²) in [5.74, 6) is 0. The fourth-order valence-corrected chi connectivity index (χ4v) is 5.64. The highest BCUT2D eigenvalue weighted by atomic mass is 32.1. The van der Waals surface area contributed by atoms with Gasteiger partial charge in [0.1, 0.15) is 0 Å². The molecule has 3 aromatic carbocycles. The fraction of sp³-hybridized carbons (Fsp3) is 0. The van der Waals surface area contributed by atoms with Gasteiger partial charge >= 0.3 is 7.12 Å². The molecule has 0 aliphatic rings. The van der Waals surface area contributed by atoms with Crippen LogP contribution in [0.25, 0.3) is 40.3 Å². The Morgan fingerprint density at radius 3 is 2.35 bits per heavy atom. The molecule has 5 aromatic rings. The highest BCUT2D eigenvalue weighted by Gasteiger charge is 2.16. The number of fused-ring (bicyclic) bond motifs is 7. The van der Waals surface area contributed by atoms with Gasteiger partial charge in [-0.05, 0) is 29.0 Å². The van der Waals surface area contributed by atoms with Gasteiger partial charge in [-0.1, -0.05) is 36.4 Å². The zero-order valence-corrected chi connectivity index (χ0v) is 13.6. The molecule has 0 amide bonds. The minimum atomic E-state index is -1.43. The van der Waals surface area contributed by atoms with Crippen molar-refractivity contribution < 1.29 is 10.0 Å². The number of hydrogen-bond donors (Lipinski definition) is 2. The number of rotatable bonds is 1. The van der Waals surface area contributed by atoms with Crippen molar-refractivity contribution in [3.8, 4) is 0 Å². The monoisotopic (exact) mass is 334 g/mol. The van der Waals surface area contributed by atoms with E-state index in [1.165, 1.54) is 35.0 Å². The van der Waals surface area contributed by atoms with Crippen molar-refractivity contribution in [2.75, 3.05) is 0 Å². The van der Waals surface area contributed by atoms with E-state index in [0.29, 0.717) is 5.46 Å². The third kappa shape index (κ3) is 1.88. The molecule has 2 nitrogen and oxygen atoms in total. The molecule has 0 saturated carbocycles. The number of hydrogen-bond acceptors (Lipinski definition) is 4. The van der Waals surface area contributed by atoms with Crippen molar-refractivity contribution in [3.05, 3.63) is 54.6 Å². The van der Waals surface area contributed by atoms with Crippen LogP contribution in [0.4, 0.5) is 0 Å². The van der Waals surface area contributed by atoms with E-state index in [1.807, 2.05) is 23.5 Å². The van der Waals surface area contributed by atoms with Gasteiger partial charge in [0, 0.05) is 35.0 Å². The average molecular weight is 334 g/mol. The topological polar surface area (TPSA) is 40.5 Å². The first-order valence-electron chi connectivity index (χ1n) is 7.35. The Kier molecular flexibility index (Phi) is 2.81. The zero-order valence-electron chi connectivity index (χ0n) is 12.0. The average Bonchev–Trinajstić information content (AvgIpc) is 3.11. The van der Waals surface area contributed by atoms with Crippen molar-refractivity contribution >= 4 is 75.6 Å². The van der Waals surface area contributed by atoms with Gasteiger partial charge < -0.3 is 10.0 Å². The fourth-order valence-electron chi connectivity index (χ4n) is 3.22. The third-order valence-electron chi connectivity index (χ3n) is 4.30. The minimum absolute atomic E-state index is 0.535. The highest BCUT2D eigenvalue weighted by molar-refractivity contribution is 7.29. The van der Waals surface area contributed by atoms with E-state index in [-0.39, 0.29) is 0 Å². The molecule has 0 aliphatic carbocycles. The van der Waals surface area contributed by atoms with Crippen LogP contribution >= 0.6 is 22.7 Å². The van der Waals surface area contributed by atoms with Crippen LogP contribution in [0.5, 0.6) is 0 Å². The molecular formula is C18H11BO2S2. The molecule has 2 heterocycles. The molecule has 0 spiro atoms. The second-order valence-electron chi connectivity index (χ2n) is 5.64. The second kappa shape index (κ2) is 4.79. The summed E-state index contributed by atoms with van der Waals surface area (Å²) in [6, 6.07) is 18.5. The smallest absolute Gasteiger partial charge is 0.423 e. The summed E-state index contributed by atoms with van der Waals surface area (Å²) in [4.78, 5) is 0. The first-order chi connectivity index (χ1) is 11.2. The molecule has 0 bridgehead atoms. The van der Waals surface area contributed by atoms with Gasteiger partial charge in [-0.2, -0.15) is 0 Å². The first kappa shape index (κ1) is 13.5. The maximum Gasteiger partial charge on any atom is 0.488 e. The van der Waals surface area contributed by atoms with Crippen molar-refractivity contribution in [2.45, 2.75) is 0 Å². The number of thiophene rings is 2. The molecule has 0 radical (unpaired) electrons. The van der Waals surface area contributed by atoms with Gasteiger partial charge in [-0.15, -0.1) is 22.7 Å². The van der Waals surface area contributed by atoms with Crippen LogP contribution in [0.1, 0.15) is 0 Å². The Hall–Kier alpha value is -1.92. The van der Waals surface area contributed by atoms with Gasteiger partial charge in [-0.3, -0.25) is 0 Å². The largest absolute Gasteiger partial charge is 0.488 e. The lowest BCUT2D eigenvalue weighted by Gasteiger charge is -1.99. The van der Waals surface area contributed by atoms with Crippen LogP contribution in [-0.4, -0.2) is 17.2 Å². The normalized spacial score (nSPS) is 11.9. The van der Waals surface area contributed by atoms with E-state index in [0.717, 1.165) is 5.39 Å². The van der Waals surface area contributed by atoms with E-state index in [1.54, 1.807) is 17.4 Å². The van der Waals surface area contributed by atoms with Crippen LogP contribution in [0.2, 0.25) is 0 Å². The van der Waals surface area contributed by atoms with Crippen molar-refractivity contribution in [2.24, 2.45) is 0 Å². The molecule has 5 heteroatoms. The quantitative estimate of drug-likeness (QED) is 0.453. The Bertz CT molecular complexity index is 1200. The van der Waals surface area contributed by atoms with E-state index in [9.17, 15) is 10.0 Å². The molecule has 0 fully saturated rings. The zero-order chi connectivity index (χ0) is 15.6. The lowest BCUT2D eigenvalue weighted by atomic mass is 9.80. The van der Waals surface area contributed by atoms with Gasteiger partial charge in [0.25, 0.3) is 0 Å². The van der Waals surface area contributed by atoms with E-state index in [2.05, 4.69) is 36.4 Å². The maximum absolute atomic E-state index is 9.43. The summed E-state index contributed by atoms with van der Waals surface area (Å²) >= 11 is 3.60. The summed E-state index contributed by atoms with van der Waals surface area (Å²) in [7, 11) is -1.43. The lowest BCUT2D eigenvalue weighted by molar-refractivity contribution is 0.426. The molecule has 23 heavy (non-hydrogen) atoms. The van der Waals surface area contributed by atoms with E-state index >= 15 is 0 Å². The van der Waals surface area contributed by atoms with Gasteiger partial charge in [0.05, 0.1) is 0 Å². The van der Waals surface area contributed by atoms with Gasteiger partial charge in [0.15, 0.2) is 0 Å². The molecular weight excluding hydrogens is 323 g/mol. The van der Waals surface area contributed by atoms with Gasteiger partial charge in [-0.25, -0.2) is 0 Å². The highest BCUT2D eigenvalue weighted by Crippen LogP contribution is 2.43. The summed E-state index contributed by atoms with van der Waals surface area (Å²) in [5.41, 5.74) is 0.535. The van der Waals surface area contributed by atoms with Crippen LogP contribution < -0.4 is 5.46 Å². The minimum Gasteiger partial charge on any atom is -0.423 e. The van der Waals surface area contributed by atoms with Crippen LogP contribution in [0.3, 0.4) is 0 Å². The Labute approximate surface area is 140 Å². The van der Waals surface area contributed by atoms with E-state index in [4.69, 9.17) is 0 Å². The van der Waals surface area contributed by atoms with Crippen molar-refractivity contribution in [1.82, 2.24) is 0 Å². The van der Waals surface area contributed by atoms with Crippen molar-refractivity contribution in [1.29, 1.82) is 0 Å². The molecule has 2 N–H and O–H groups in total. The lowest BCUT2D eigenvalue weighted by Crippen LogP contribution is -2.29. The molecule has 0 unspecified atom stereocenters. The maximum atomic E-state index is 9.43. The Morgan fingerprint density at radius 2 is 1.48 bits per heavy atom. The predicted octanol–water partition coefficient (Wildman–Crippen LogP) is 4.10. The molecule has 0 saturated heterocycles. The predicted molar refractivity (Wildman–Crippen MR) is 102 cm³/mol. The standard InChI is InChI=1S/C18H11BO2S2/c20-19(21)10-5-7-15-13(9-10)11-6-8-16-17(18(11)23-15)12-3-1-2-4-14(12)22-16/h1-9,20-21H. The molecule has 0 atom stereocenters. The van der Waals surface area contributed by atoms with Crippen LogP contribution in [-0.2, 0) is 0 Å². The summed E-state index contributed by atoms with van der Waals surface area (Å²) in [6.07, 6.45) is 0. The SMILES string of the molecule is OB(O)c1ccc2sc3c(ccc4sc5ccccc5c43)c2c1. The first-order valence-corrected chi connectivity index (χ1v) is 8.98. The van der Waals surface area contributed by atoms with E-state index < -0.39 is 7.12 Å². The van der Waals surface area contributed by atoms with Gasteiger partial charge in [0.2, 0.25) is 0 Å².